The van der Waals surface area contributed by atoms with Gasteiger partial charge in [-0.15, -0.1) is 0 Å². The number of likely N-dealkylation sites (tertiary alicyclic amines) is 1. The van der Waals surface area contributed by atoms with Gasteiger partial charge in [-0.1, -0.05) is 97.4 Å². The average Bonchev–Trinajstić information content (AvgIpc) is 3.03. The van der Waals surface area contributed by atoms with Gasteiger partial charge in [0.25, 0.3) is 0 Å². The van der Waals surface area contributed by atoms with Crippen LogP contribution in [0, 0.1) is 0 Å². The van der Waals surface area contributed by atoms with Crippen molar-refractivity contribution in [1.29, 1.82) is 0 Å². The lowest BCUT2D eigenvalue weighted by molar-refractivity contribution is -0.132. The lowest BCUT2D eigenvalue weighted by atomic mass is 9.90. The van der Waals surface area contributed by atoms with Gasteiger partial charge in [0, 0.05) is 39.1 Å². The summed E-state index contributed by atoms with van der Waals surface area (Å²) in [7, 11) is 1.90. The molecule has 4 rings (SSSR count). The van der Waals surface area contributed by atoms with Crippen molar-refractivity contribution in [2.24, 2.45) is 0 Å². The number of nitrogens with zero attached hydrogens (tertiary/aromatic N) is 2. The van der Waals surface area contributed by atoms with Crippen LogP contribution in [-0.4, -0.2) is 74.2 Å². The second-order valence-electron chi connectivity index (χ2n) is 10.8. The van der Waals surface area contributed by atoms with Gasteiger partial charge >= 0.3 is 6.09 Å². The van der Waals surface area contributed by atoms with Crippen molar-refractivity contribution in [2.45, 2.75) is 44.2 Å². The van der Waals surface area contributed by atoms with Gasteiger partial charge < -0.3 is 25.2 Å². The molecule has 0 spiro atoms. The number of nitrogens with one attached hydrogen (secondary N) is 2. The number of piperidine rings is 1. The van der Waals surface area contributed by atoms with Crippen LogP contribution in [0.3, 0.4) is 0 Å². The molecule has 0 bridgehead atoms. The van der Waals surface area contributed by atoms with E-state index in [1.165, 1.54) is 30.4 Å². The summed E-state index contributed by atoms with van der Waals surface area (Å²) in [6.45, 7) is 4.73. The van der Waals surface area contributed by atoms with Crippen molar-refractivity contribution < 1.29 is 14.3 Å². The summed E-state index contributed by atoms with van der Waals surface area (Å²) in [5.74, 6) is 0.153. The van der Waals surface area contributed by atoms with Crippen molar-refractivity contribution in [2.75, 3.05) is 46.3 Å². The van der Waals surface area contributed by atoms with Crippen molar-refractivity contribution in [3.8, 4) is 0 Å². The molecule has 0 aliphatic carbocycles. The number of amides is 2. The molecule has 218 valence electrons. The molecule has 0 aromatic heterocycles. The molecule has 1 aliphatic rings. The largest absolute Gasteiger partial charge is 0.445 e. The molecule has 2 amide bonds. The predicted octanol–water partition coefficient (Wildman–Crippen LogP) is 5.04. The zero-order valence-electron chi connectivity index (χ0n) is 24.2. The van der Waals surface area contributed by atoms with Crippen LogP contribution in [0.15, 0.2) is 91.0 Å². The normalized spacial score (nSPS) is 14.4. The van der Waals surface area contributed by atoms with E-state index in [0.717, 1.165) is 31.6 Å². The Kier molecular flexibility index (Phi) is 12.2. The molecule has 1 aliphatic heterocycles. The molecule has 0 unspecified atom stereocenters. The molecule has 2 N–H and O–H groups in total. The zero-order chi connectivity index (χ0) is 28.7. The van der Waals surface area contributed by atoms with Crippen LogP contribution >= 0.6 is 0 Å². The van der Waals surface area contributed by atoms with E-state index < -0.39 is 6.09 Å². The summed E-state index contributed by atoms with van der Waals surface area (Å²) in [6.07, 6.45) is 3.99. The molecule has 1 fully saturated rings. The van der Waals surface area contributed by atoms with E-state index in [0.29, 0.717) is 19.6 Å². The number of likely N-dealkylation sites (N-methyl/N-ethyl adjacent to an activating group) is 1. The number of carbonyl (C=O) groups excluding carboxylic acids is 2. The maximum atomic E-state index is 13.8. The Morgan fingerprint density at radius 1 is 0.829 bits per heavy atom. The van der Waals surface area contributed by atoms with E-state index in [2.05, 4.69) is 39.8 Å². The number of carbonyl (C=O) groups is 2. The Hall–Kier alpha value is -3.68. The number of alkyl carbamates (subject to hydrolysis) is 1. The summed E-state index contributed by atoms with van der Waals surface area (Å²) < 4.78 is 5.32. The average molecular weight is 557 g/mol. The van der Waals surface area contributed by atoms with Gasteiger partial charge in [-0.3, -0.25) is 4.79 Å². The quantitative estimate of drug-likeness (QED) is 0.272. The summed E-state index contributed by atoms with van der Waals surface area (Å²) >= 11 is 0. The highest BCUT2D eigenvalue weighted by atomic mass is 16.5. The molecule has 1 heterocycles. The van der Waals surface area contributed by atoms with Gasteiger partial charge in [0.1, 0.15) is 6.61 Å². The molecule has 41 heavy (non-hydrogen) atoms. The standard InChI is InChI=1S/C34H44N4O3/c1-37(26-31(29-16-8-3-9-17-29)30-18-10-4-11-19-30)33(39)32(20-25-38-23-12-5-13-24-38)35-21-22-36-34(40)41-27-28-14-6-2-7-15-28/h2-4,6-11,14-19,31-32,35H,5,12-13,20-27H2,1H3,(H,36,40)/t32-/m0/s1. The Labute approximate surface area is 244 Å². The van der Waals surface area contributed by atoms with Crippen molar-refractivity contribution in [3.05, 3.63) is 108 Å². The van der Waals surface area contributed by atoms with E-state index in [1.54, 1.807) is 0 Å². The predicted molar refractivity (Wildman–Crippen MR) is 164 cm³/mol. The zero-order valence-corrected chi connectivity index (χ0v) is 24.2. The topological polar surface area (TPSA) is 73.9 Å². The second-order valence-corrected chi connectivity index (χ2v) is 10.8. The highest BCUT2D eigenvalue weighted by Crippen LogP contribution is 2.25. The molecule has 7 heteroatoms. The summed E-state index contributed by atoms with van der Waals surface area (Å²) in [4.78, 5) is 30.3. The summed E-state index contributed by atoms with van der Waals surface area (Å²) in [5.41, 5.74) is 3.32. The number of rotatable bonds is 14. The number of benzene rings is 3. The van der Waals surface area contributed by atoms with Gasteiger partial charge in [0.2, 0.25) is 5.91 Å². The van der Waals surface area contributed by atoms with E-state index in [1.807, 2.05) is 78.7 Å². The number of ether oxygens (including phenoxy) is 1. The van der Waals surface area contributed by atoms with Gasteiger partial charge in [-0.05, 0) is 49.0 Å². The van der Waals surface area contributed by atoms with Crippen molar-refractivity contribution in [1.82, 2.24) is 20.4 Å². The summed E-state index contributed by atoms with van der Waals surface area (Å²) in [5, 5.41) is 6.23. The van der Waals surface area contributed by atoms with Crippen LogP contribution in [0.4, 0.5) is 4.79 Å². The summed E-state index contributed by atoms with van der Waals surface area (Å²) in [6, 6.07) is 30.0. The van der Waals surface area contributed by atoms with Crippen LogP contribution in [0.2, 0.25) is 0 Å². The molecule has 7 nitrogen and oxygen atoms in total. The Bertz CT molecular complexity index is 1130. The molecule has 3 aromatic carbocycles. The highest BCUT2D eigenvalue weighted by Gasteiger charge is 2.26. The van der Waals surface area contributed by atoms with Gasteiger partial charge in [0.15, 0.2) is 0 Å². The third-order valence-electron chi connectivity index (χ3n) is 7.72. The van der Waals surface area contributed by atoms with Crippen molar-refractivity contribution in [3.63, 3.8) is 0 Å². The fraction of sp³-hybridized carbons (Fsp3) is 0.412. The molecule has 1 saturated heterocycles. The van der Waals surface area contributed by atoms with Gasteiger partial charge in [-0.2, -0.15) is 0 Å². The van der Waals surface area contributed by atoms with E-state index in [9.17, 15) is 9.59 Å². The smallest absolute Gasteiger partial charge is 0.407 e. The Morgan fingerprint density at radius 3 is 2.02 bits per heavy atom. The Balaban J connectivity index is 1.34. The first-order valence-corrected chi connectivity index (χ1v) is 14.9. The molecule has 1 atom stereocenters. The minimum Gasteiger partial charge on any atom is -0.445 e. The SMILES string of the molecule is CN(CC(c1ccccc1)c1ccccc1)C(=O)[C@H](CCN1CCCCC1)NCCNC(=O)OCc1ccccc1. The van der Waals surface area contributed by atoms with Crippen LogP contribution in [0.5, 0.6) is 0 Å². The van der Waals surface area contributed by atoms with Gasteiger partial charge in [0.05, 0.1) is 6.04 Å². The maximum absolute atomic E-state index is 13.8. The second kappa shape index (κ2) is 16.6. The fourth-order valence-corrected chi connectivity index (χ4v) is 5.40. The molecule has 3 aromatic rings. The Morgan fingerprint density at radius 2 is 1.41 bits per heavy atom. The molecule has 0 radical (unpaired) electrons. The molecular formula is C34H44N4O3. The van der Waals surface area contributed by atoms with Crippen molar-refractivity contribution >= 4 is 12.0 Å². The van der Waals surface area contributed by atoms with E-state index in [-0.39, 0.29) is 24.5 Å². The lowest BCUT2D eigenvalue weighted by Gasteiger charge is -2.31. The van der Waals surface area contributed by atoms with Crippen LogP contribution < -0.4 is 10.6 Å². The minimum absolute atomic E-state index is 0.0746. The molecule has 0 saturated carbocycles. The first-order chi connectivity index (χ1) is 20.1. The maximum Gasteiger partial charge on any atom is 0.407 e. The van der Waals surface area contributed by atoms with Crippen LogP contribution in [-0.2, 0) is 16.1 Å². The first kappa shape index (κ1) is 30.3. The third-order valence-corrected chi connectivity index (χ3v) is 7.72. The molecular weight excluding hydrogens is 512 g/mol. The van der Waals surface area contributed by atoms with E-state index >= 15 is 0 Å². The fourth-order valence-electron chi connectivity index (χ4n) is 5.40. The lowest BCUT2D eigenvalue weighted by Crippen LogP contribution is -2.49. The number of hydrogen-bond acceptors (Lipinski definition) is 5. The van der Waals surface area contributed by atoms with Gasteiger partial charge in [-0.25, -0.2) is 4.79 Å². The number of hydrogen-bond donors (Lipinski definition) is 2. The monoisotopic (exact) mass is 556 g/mol. The minimum atomic E-state index is -0.461. The first-order valence-electron chi connectivity index (χ1n) is 14.9. The van der Waals surface area contributed by atoms with E-state index in [4.69, 9.17) is 4.74 Å². The van der Waals surface area contributed by atoms with Crippen LogP contribution in [0.25, 0.3) is 0 Å². The highest BCUT2D eigenvalue weighted by molar-refractivity contribution is 5.81. The van der Waals surface area contributed by atoms with Crippen LogP contribution in [0.1, 0.15) is 48.3 Å². The third kappa shape index (κ3) is 10.0.